The Hall–Kier alpha value is -3.38. The van der Waals surface area contributed by atoms with E-state index >= 15 is 0 Å². The maximum Gasteiger partial charge on any atom is 0.407 e. The van der Waals surface area contributed by atoms with Gasteiger partial charge in [-0.1, -0.05) is 60.1 Å². The average Bonchev–Trinajstić information content (AvgIpc) is 3.05. The number of fused-ring (bicyclic) bond motifs is 3. The number of rotatable bonds is 5. The van der Waals surface area contributed by atoms with Crippen LogP contribution in [-0.4, -0.2) is 28.8 Å². The number of hydrogen-bond donors (Lipinski definition) is 2. The van der Waals surface area contributed by atoms with Crippen LogP contribution in [0.5, 0.6) is 0 Å². The molecule has 2 aromatic carbocycles. The van der Waals surface area contributed by atoms with E-state index < -0.39 is 12.1 Å². The molecule has 0 saturated heterocycles. The van der Waals surface area contributed by atoms with Crippen molar-refractivity contribution >= 4 is 23.7 Å². The third-order valence-corrected chi connectivity index (χ3v) is 5.17. The number of pyridine rings is 1. The summed E-state index contributed by atoms with van der Waals surface area (Å²) < 4.78 is 5.44. The van der Waals surface area contributed by atoms with Gasteiger partial charge in [0.1, 0.15) is 6.61 Å². The fourth-order valence-electron chi connectivity index (χ4n) is 3.54. The molecule has 29 heavy (non-hydrogen) atoms. The Balaban J connectivity index is 1.41. The Morgan fingerprint density at radius 2 is 1.62 bits per heavy atom. The lowest BCUT2D eigenvalue weighted by Crippen LogP contribution is -2.26. The molecule has 1 aliphatic carbocycles. The Morgan fingerprint density at radius 1 is 1.00 bits per heavy atom. The summed E-state index contributed by atoms with van der Waals surface area (Å²) in [6.07, 6.45) is -0.597. The van der Waals surface area contributed by atoms with Crippen molar-refractivity contribution in [1.82, 2.24) is 10.3 Å². The third-order valence-electron chi connectivity index (χ3n) is 4.86. The first kappa shape index (κ1) is 19.0. The van der Waals surface area contributed by atoms with Gasteiger partial charge in [0.25, 0.3) is 0 Å². The first-order valence-electron chi connectivity index (χ1n) is 9.02. The van der Waals surface area contributed by atoms with Crippen LogP contribution in [0.2, 0.25) is 5.02 Å². The zero-order valence-corrected chi connectivity index (χ0v) is 16.0. The van der Waals surface area contributed by atoms with E-state index in [9.17, 15) is 9.59 Å². The lowest BCUT2D eigenvalue weighted by atomic mass is 9.98. The number of aromatic carboxylic acids is 1. The van der Waals surface area contributed by atoms with Gasteiger partial charge < -0.3 is 15.2 Å². The molecule has 6 nitrogen and oxygen atoms in total. The first-order chi connectivity index (χ1) is 14.0. The molecule has 1 amide bonds. The molecule has 4 rings (SSSR count). The third kappa shape index (κ3) is 3.79. The molecule has 1 aliphatic rings. The second-order valence-corrected chi connectivity index (χ2v) is 7.02. The van der Waals surface area contributed by atoms with Crippen LogP contribution in [0, 0.1) is 0 Å². The molecule has 0 bridgehead atoms. The van der Waals surface area contributed by atoms with Gasteiger partial charge in [-0.15, -0.1) is 0 Å². The Morgan fingerprint density at radius 3 is 2.24 bits per heavy atom. The Labute approximate surface area is 172 Å². The molecule has 0 spiro atoms. The van der Waals surface area contributed by atoms with Gasteiger partial charge >= 0.3 is 12.1 Å². The summed E-state index contributed by atoms with van der Waals surface area (Å²) in [5, 5.41) is 11.7. The molecule has 0 aliphatic heterocycles. The van der Waals surface area contributed by atoms with Crippen LogP contribution in [0.15, 0.2) is 60.7 Å². The molecule has 2 N–H and O–H groups in total. The van der Waals surface area contributed by atoms with Crippen molar-refractivity contribution in [2.75, 3.05) is 6.61 Å². The lowest BCUT2D eigenvalue weighted by molar-refractivity contribution is 0.0690. The molecule has 0 fully saturated rings. The highest BCUT2D eigenvalue weighted by molar-refractivity contribution is 6.33. The van der Waals surface area contributed by atoms with E-state index in [1.807, 2.05) is 36.4 Å². The number of carboxylic acid groups (broad SMARTS) is 1. The number of halogens is 1. The predicted molar refractivity (Wildman–Crippen MR) is 108 cm³/mol. The Kier molecular flexibility index (Phi) is 5.18. The van der Waals surface area contributed by atoms with E-state index in [-0.39, 0.29) is 29.8 Å². The van der Waals surface area contributed by atoms with E-state index in [0.29, 0.717) is 5.69 Å². The summed E-state index contributed by atoms with van der Waals surface area (Å²) >= 11 is 5.80. The van der Waals surface area contributed by atoms with E-state index in [4.69, 9.17) is 21.4 Å². The quantitative estimate of drug-likeness (QED) is 0.650. The number of carbonyl (C=O) groups is 2. The molecule has 7 heteroatoms. The fraction of sp³-hybridized carbons (Fsp3) is 0.136. The van der Waals surface area contributed by atoms with Crippen molar-refractivity contribution in [3.63, 3.8) is 0 Å². The van der Waals surface area contributed by atoms with Crippen molar-refractivity contribution in [2.24, 2.45) is 0 Å². The van der Waals surface area contributed by atoms with Crippen LogP contribution in [0.4, 0.5) is 4.79 Å². The summed E-state index contributed by atoms with van der Waals surface area (Å²) in [4.78, 5) is 27.2. The van der Waals surface area contributed by atoms with Gasteiger partial charge in [-0.2, -0.15) is 0 Å². The van der Waals surface area contributed by atoms with Crippen LogP contribution in [-0.2, 0) is 11.3 Å². The van der Waals surface area contributed by atoms with Gasteiger partial charge in [0.05, 0.1) is 17.3 Å². The number of nitrogens with zero attached hydrogens (tertiary/aromatic N) is 1. The molecular weight excluding hydrogens is 392 g/mol. The minimum atomic E-state index is -1.22. The number of nitrogens with one attached hydrogen (secondary N) is 1. The maximum atomic E-state index is 12.2. The van der Waals surface area contributed by atoms with Crippen molar-refractivity contribution in [3.05, 3.63) is 88.2 Å². The molecule has 0 unspecified atom stereocenters. The van der Waals surface area contributed by atoms with Gasteiger partial charge in [-0.25, -0.2) is 14.6 Å². The first-order valence-corrected chi connectivity index (χ1v) is 9.40. The largest absolute Gasteiger partial charge is 0.476 e. The van der Waals surface area contributed by atoms with E-state index in [0.717, 1.165) is 22.3 Å². The van der Waals surface area contributed by atoms with E-state index in [1.54, 1.807) is 6.07 Å². The molecule has 0 radical (unpaired) electrons. The van der Waals surface area contributed by atoms with Crippen LogP contribution in [0.25, 0.3) is 11.1 Å². The molecule has 1 heterocycles. The van der Waals surface area contributed by atoms with Crippen LogP contribution in [0.1, 0.15) is 33.2 Å². The van der Waals surface area contributed by atoms with Gasteiger partial charge in [0.15, 0.2) is 5.69 Å². The van der Waals surface area contributed by atoms with Crippen molar-refractivity contribution in [3.8, 4) is 11.1 Å². The summed E-state index contributed by atoms with van der Waals surface area (Å²) in [5.74, 6) is -1.25. The maximum absolute atomic E-state index is 12.2. The SMILES string of the molecule is O=C(NCc1ccc(Cl)c(C(=O)O)n1)OCC1c2ccccc2-c2ccccc21. The van der Waals surface area contributed by atoms with Crippen molar-refractivity contribution < 1.29 is 19.4 Å². The summed E-state index contributed by atoms with van der Waals surface area (Å²) in [5.41, 5.74) is 4.70. The molecule has 3 aromatic rings. The smallest absolute Gasteiger partial charge is 0.407 e. The summed E-state index contributed by atoms with van der Waals surface area (Å²) in [6, 6.07) is 19.2. The molecule has 0 atom stereocenters. The van der Waals surface area contributed by atoms with Crippen LogP contribution >= 0.6 is 11.6 Å². The minimum Gasteiger partial charge on any atom is -0.476 e. The molecule has 146 valence electrons. The molecule has 0 saturated carbocycles. The van der Waals surface area contributed by atoms with Crippen molar-refractivity contribution in [1.29, 1.82) is 0 Å². The molecular formula is C22H17ClN2O4. The number of carboxylic acids is 1. The van der Waals surface area contributed by atoms with Gasteiger partial charge in [-0.3, -0.25) is 0 Å². The number of alkyl carbamates (subject to hydrolysis) is 1. The summed E-state index contributed by atoms with van der Waals surface area (Å²) in [6.45, 7) is 0.238. The second kappa shape index (κ2) is 7.93. The number of hydrogen-bond acceptors (Lipinski definition) is 4. The van der Waals surface area contributed by atoms with Gasteiger partial charge in [-0.05, 0) is 34.4 Å². The second-order valence-electron chi connectivity index (χ2n) is 6.62. The Bertz CT molecular complexity index is 1050. The van der Waals surface area contributed by atoms with Crippen LogP contribution < -0.4 is 5.32 Å². The number of benzene rings is 2. The molecule has 1 aromatic heterocycles. The number of amides is 1. The van der Waals surface area contributed by atoms with Gasteiger partial charge in [0.2, 0.25) is 0 Å². The number of aromatic nitrogens is 1. The zero-order chi connectivity index (χ0) is 20.4. The van der Waals surface area contributed by atoms with Gasteiger partial charge in [0, 0.05) is 5.92 Å². The standard InChI is InChI=1S/C22H17ClN2O4/c23-19-10-9-13(25-20(19)21(26)27)11-24-22(28)29-12-18-16-7-3-1-5-14(16)15-6-2-4-8-17(15)18/h1-10,18H,11-12H2,(H,24,28)(H,26,27). The van der Waals surface area contributed by atoms with Crippen molar-refractivity contribution in [2.45, 2.75) is 12.5 Å². The number of carbonyl (C=O) groups excluding carboxylic acids is 1. The predicted octanol–water partition coefficient (Wildman–Crippen LogP) is 4.47. The monoisotopic (exact) mass is 408 g/mol. The lowest BCUT2D eigenvalue weighted by Gasteiger charge is -2.14. The zero-order valence-electron chi connectivity index (χ0n) is 15.3. The number of ether oxygens (including phenoxy) is 1. The van der Waals surface area contributed by atoms with E-state index in [1.165, 1.54) is 6.07 Å². The minimum absolute atomic E-state index is 0.0274. The average molecular weight is 409 g/mol. The highest BCUT2D eigenvalue weighted by atomic mass is 35.5. The normalized spacial score (nSPS) is 12.2. The summed E-state index contributed by atoms with van der Waals surface area (Å²) in [7, 11) is 0. The topological polar surface area (TPSA) is 88.5 Å². The van der Waals surface area contributed by atoms with Crippen LogP contribution in [0.3, 0.4) is 0 Å². The highest BCUT2D eigenvalue weighted by Gasteiger charge is 2.28. The van der Waals surface area contributed by atoms with E-state index in [2.05, 4.69) is 22.4 Å². The fourth-order valence-corrected chi connectivity index (χ4v) is 3.73. The highest BCUT2D eigenvalue weighted by Crippen LogP contribution is 2.44.